The van der Waals surface area contributed by atoms with Crippen LogP contribution in [0.4, 0.5) is 0 Å². The van der Waals surface area contributed by atoms with Crippen LogP contribution >= 0.6 is 0 Å². The van der Waals surface area contributed by atoms with Gasteiger partial charge in [-0.1, -0.05) is 72.2 Å². The lowest BCUT2D eigenvalue weighted by atomic mass is 9.42. The molecule has 7 rings (SSSR count). The molecule has 5 fully saturated rings. The van der Waals surface area contributed by atoms with Gasteiger partial charge in [0.15, 0.2) is 24.6 Å². The van der Waals surface area contributed by atoms with Crippen molar-refractivity contribution in [2.45, 2.75) is 177 Å². The molecule has 1 aliphatic heterocycles. The van der Waals surface area contributed by atoms with Crippen LogP contribution in [0.15, 0.2) is 42.0 Å². The fourth-order valence-corrected chi connectivity index (χ4v) is 14.5. The first-order valence-corrected chi connectivity index (χ1v) is 23.6. The van der Waals surface area contributed by atoms with Crippen molar-refractivity contribution in [1.29, 1.82) is 0 Å². The van der Waals surface area contributed by atoms with Gasteiger partial charge < -0.3 is 33.2 Å². The maximum atomic E-state index is 13.1. The average Bonchev–Trinajstić information content (AvgIpc) is 3.35. The predicted octanol–water partition coefficient (Wildman–Crippen LogP) is 9.51. The van der Waals surface area contributed by atoms with Gasteiger partial charge in [-0.05, 0) is 133 Å². The molecular formula is C52H72O12. The molecule has 13 atom stereocenters. The molecule has 6 aliphatic rings. The zero-order valence-electron chi connectivity index (χ0n) is 40.0. The lowest BCUT2D eigenvalue weighted by Gasteiger charge is -2.64. The smallest absolute Gasteiger partial charge is 0.331 e. The normalized spacial score (nSPS) is 38.6. The van der Waals surface area contributed by atoms with Gasteiger partial charge in [-0.15, -0.1) is 0 Å². The molecule has 1 aromatic rings. The van der Waals surface area contributed by atoms with Crippen molar-refractivity contribution in [2.24, 2.45) is 50.7 Å². The Hall–Kier alpha value is -4.03. The molecule has 1 aromatic carbocycles. The molecule has 1 saturated heterocycles. The van der Waals surface area contributed by atoms with Crippen LogP contribution < -0.4 is 4.74 Å². The predicted molar refractivity (Wildman–Crippen MR) is 238 cm³/mol. The summed E-state index contributed by atoms with van der Waals surface area (Å²) in [7, 11) is 0. The molecule has 4 saturated carbocycles. The Balaban J connectivity index is 1.06. The van der Waals surface area contributed by atoms with Crippen LogP contribution in [0.25, 0.3) is 6.08 Å². The van der Waals surface area contributed by atoms with Gasteiger partial charge in [-0.25, -0.2) is 4.79 Å². The third kappa shape index (κ3) is 9.20. The number of allylic oxidation sites excluding steroid dienone is 2. The fraction of sp³-hybridized carbons (Fsp3) is 0.712. The second-order valence-electron chi connectivity index (χ2n) is 21.9. The molecule has 0 radical (unpaired) electrons. The number of fused-ring (bicyclic) bond motifs is 6. The second kappa shape index (κ2) is 18.0. The number of esters is 5. The van der Waals surface area contributed by atoms with Crippen molar-refractivity contribution in [3.05, 3.63) is 47.6 Å². The van der Waals surface area contributed by atoms with Gasteiger partial charge in [0.1, 0.15) is 11.9 Å². The topological polar surface area (TPSA) is 150 Å². The number of carbonyl (C=O) groups is 5. The zero-order valence-corrected chi connectivity index (χ0v) is 40.0. The molecule has 64 heavy (non-hydrogen) atoms. The Morgan fingerprint density at radius 3 is 1.92 bits per heavy atom. The molecule has 0 spiro atoms. The van der Waals surface area contributed by atoms with Crippen molar-refractivity contribution < 1.29 is 57.1 Å². The van der Waals surface area contributed by atoms with Gasteiger partial charge in [0.2, 0.25) is 0 Å². The van der Waals surface area contributed by atoms with Crippen LogP contribution in [-0.2, 0) is 52.4 Å². The summed E-state index contributed by atoms with van der Waals surface area (Å²) >= 11 is 0. The first-order valence-electron chi connectivity index (χ1n) is 23.6. The molecule has 12 nitrogen and oxygen atoms in total. The van der Waals surface area contributed by atoms with Crippen LogP contribution in [0.1, 0.15) is 146 Å². The van der Waals surface area contributed by atoms with E-state index in [1.165, 1.54) is 46.6 Å². The van der Waals surface area contributed by atoms with Gasteiger partial charge >= 0.3 is 29.8 Å². The number of hydrogen-bond donors (Lipinski definition) is 0. The van der Waals surface area contributed by atoms with Crippen LogP contribution in [-0.4, -0.2) is 73.3 Å². The minimum Gasteiger partial charge on any atom is -0.462 e. The van der Waals surface area contributed by atoms with E-state index < -0.39 is 48.5 Å². The van der Waals surface area contributed by atoms with Gasteiger partial charge in [0.05, 0.1) is 12.7 Å². The van der Waals surface area contributed by atoms with Crippen molar-refractivity contribution in [3.8, 4) is 5.75 Å². The summed E-state index contributed by atoms with van der Waals surface area (Å²) in [6.45, 7) is 22.1. The molecule has 12 heteroatoms. The number of carbonyl (C=O) groups excluding carboxylic acids is 5. The molecule has 0 N–H and O–H groups in total. The quantitative estimate of drug-likeness (QED) is 0.0580. The molecule has 0 amide bonds. The van der Waals surface area contributed by atoms with Crippen molar-refractivity contribution in [3.63, 3.8) is 0 Å². The van der Waals surface area contributed by atoms with E-state index in [1.807, 2.05) is 0 Å². The first kappa shape index (κ1) is 47.9. The highest BCUT2D eigenvalue weighted by molar-refractivity contribution is 5.87. The van der Waals surface area contributed by atoms with Crippen molar-refractivity contribution in [1.82, 2.24) is 0 Å². The van der Waals surface area contributed by atoms with Crippen molar-refractivity contribution in [2.75, 3.05) is 6.61 Å². The minimum atomic E-state index is -1.19. The molecule has 13 unspecified atom stereocenters. The molecule has 5 aliphatic carbocycles. The lowest BCUT2D eigenvalue weighted by Crippen LogP contribution is -2.62. The van der Waals surface area contributed by atoms with Gasteiger partial charge in [0, 0.05) is 39.2 Å². The van der Waals surface area contributed by atoms with Crippen LogP contribution in [0.3, 0.4) is 0 Å². The summed E-state index contributed by atoms with van der Waals surface area (Å²) in [5.41, 5.74) is 2.31. The first-order chi connectivity index (χ1) is 30.0. The SMILES string of the molecule is CC(=O)Oc1ccc(C=CC(=O)OC2COC(OC3CCC4(C)C5CCC6C(=CCC7C(C)(C)C(OC(C)=O)CCC67C)CC5(C)CCC4C3(C)C)C(OC(C)=O)C2OC(C)=O)cc1. The third-order valence-electron chi connectivity index (χ3n) is 17.2. The molecule has 0 bridgehead atoms. The van der Waals surface area contributed by atoms with Crippen LogP contribution in [0, 0.1) is 50.7 Å². The van der Waals surface area contributed by atoms with E-state index in [1.54, 1.807) is 35.9 Å². The van der Waals surface area contributed by atoms with E-state index in [0.29, 0.717) is 35.0 Å². The Bertz CT molecular complexity index is 2020. The van der Waals surface area contributed by atoms with E-state index in [0.717, 1.165) is 51.4 Å². The number of benzene rings is 1. The van der Waals surface area contributed by atoms with Crippen LogP contribution in [0.5, 0.6) is 5.75 Å². The lowest BCUT2D eigenvalue weighted by molar-refractivity contribution is -0.310. The maximum absolute atomic E-state index is 13.1. The third-order valence-corrected chi connectivity index (χ3v) is 17.2. The Labute approximate surface area is 379 Å². The molecule has 1 heterocycles. The summed E-state index contributed by atoms with van der Waals surface area (Å²) in [5, 5.41) is 0. The molecule has 0 aromatic heterocycles. The minimum absolute atomic E-state index is 0.0569. The van der Waals surface area contributed by atoms with Crippen molar-refractivity contribution >= 4 is 35.9 Å². The van der Waals surface area contributed by atoms with E-state index in [-0.39, 0.29) is 51.9 Å². The van der Waals surface area contributed by atoms with Gasteiger partial charge in [-0.3, -0.25) is 19.2 Å². The monoisotopic (exact) mass is 889 g/mol. The number of ether oxygens (including phenoxy) is 7. The largest absolute Gasteiger partial charge is 0.462 e. The summed E-state index contributed by atoms with van der Waals surface area (Å²) in [6.07, 6.45) is 11.0. The Morgan fingerprint density at radius 2 is 1.27 bits per heavy atom. The van der Waals surface area contributed by atoms with Gasteiger partial charge in [-0.2, -0.15) is 0 Å². The van der Waals surface area contributed by atoms with E-state index >= 15 is 0 Å². The summed E-state index contributed by atoms with van der Waals surface area (Å²) in [5.74, 6) is -0.379. The molecular weight excluding hydrogens is 817 g/mol. The number of rotatable bonds is 9. The maximum Gasteiger partial charge on any atom is 0.331 e. The van der Waals surface area contributed by atoms with E-state index in [4.69, 9.17) is 33.2 Å². The highest BCUT2D eigenvalue weighted by Crippen LogP contribution is 2.70. The zero-order chi connectivity index (χ0) is 46.6. The Kier molecular flexibility index (Phi) is 13.5. The summed E-state index contributed by atoms with van der Waals surface area (Å²) < 4.78 is 41.6. The fourth-order valence-electron chi connectivity index (χ4n) is 14.5. The second-order valence-corrected chi connectivity index (χ2v) is 21.9. The number of hydrogen-bond acceptors (Lipinski definition) is 12. The molecule has 352 valence electrons. The standard InChI is InChI=1S/C52H72O12/c1-30(53)59-36-16-12-34(13-17-36)14-21-44(57)63-38-29-58-47(46(62-33(4)56)45(38)61-32(3)55)64-43-24-27-52(11)40(49(43,7)8)22-25-50(9)28-35-15-19-39-48(5,6)42(60-31(2)54)23-26-51(39,10)37(35)18-20-41(50)52/h12-17,21,37-43,45-47H,18-20,22-29H2,1-11H3. The van der Waals surface area contributed by atoms with E-state index in [9.17, 15) is 24.0 Å². The van der Waals surface area contributed by atoms with Crippen LogP contribution in [0.2, 0.25) is 0 Å². The Morgan fingerprint density at radius 1 is 0.641 bits per heavy atom. The average molecular weight is 889 g/mol. The summed E-state index contributed by atoms with van der Waals surface area (Å²) in [6, 6.07) is 6.59. The van der Waals surface area contributed by atoms with Gasteiger partial charge in [0.25, 0.3) is 0 Å². The highest BCUT2D eigenvalue weighted by atomic mass is 16.7. The van der Waals surface area contributed by atoms with E-state index in [2.05, 4.69) is 54.5 Å². The highest BCUT2D eigenvalue weighted by Gasteiger charge is 2.64. The summed E-state index contributed by atoms with van der Waals surface area (Å²) in [4.78, 5) is 61.7.